The van der Waals surface area contributed by atoms with Crippen LogP contribution in [0.25, 0.3) is 0 Å². The number of rotatable bonds is 1. The van der Waals surface area contributed by atoms with Gasteiger partial charge in [-0.15, -0.1) is 0 Å². The van der Waals surface area contributed by atoms with Gasteiger partial charge in [-0.3, -0.25) is 0 Å². The quantitative estimate of drug-likeness (QED) is 0.715. The second-order valence-electron chi connectivity index (χ2n) is 5.69. The molecule has 100 valence electrons. The average molecular weight is 255 g/mol. The molecule has 1 aliphatic heterocycles. The summed E-state index contributed by atoms with van der Waals surface area (Å²) in [6, 6.07) is 6.94. The third-order valence-electron chi connectivity index (χ3n) is 3.80. The number of fused-ring (bicyclic) bond motifs is 1. The van der Waals surface area contributed by atoms with E-state index < -0.39 is 0 Å². The second-order valence-corrected chi connectivity index (χ2v) is 5.69. The molecule has 0 aromatic heterocycles. The normalized spacial score (nSPS) is 18.6. The van der Waals surface area contributed by atoms with Crippen molar-refractivity contribution in [2.24, 2.45) is 5.92 Å². The second kappa shape index (κ2) is 5.27. The van der Waals surface area contributed by atoms with Gasteiger partial charge in [0.25, 0.3) is 0 Å². The van der Waals surface area contributed by atoms with Crippen molar-refractivity contribution in [3.8, 4) is 11.8 Å². The molecule has 0 amide bonds. The van der Waals surface area contributed by atoms with Gasteiger partial charge in [0, 0.05) is 35.3 Å². The molecule has 2 aliphatic rings. The van der Waals surface area contributed by atoms with Crippen LogP contribution in [0.5, 0.6) is 0 Å². The van der Waals surface area contributed by atoms with Crippen molar-refractivity contribution >= 4 is 5.69 Å². The predicted octanol–water partition coefficient (Wildman–Crippen LogP) is 3.19. The summed E-state index contributed by atoms with van der Waals surface area (Å²) in [5, 5.41) is 0. The fourth-order valence-corrected chi connectivity index (χ4v) is 2.51. The van der Waals surface area contributed by atoms with Crippen molar-refractivity contribution < 1.29 is 4.74 Å². The molecule has 0 N–H and O–H groups in total. The first-order valence-electron chi connectivity index (χ1n) is 7.23. The van der Waals surface area contributed by atoms with Crippen molar-refractivity contribution in [2.45, 2.75) is 39.3 Å². The fourth-order valence-electron chi connectivity index (χ4n) is 2.51. The number of benzene rings is 1. The molecular weight excluding hydrogens is 234 g/mol. The molecule has 2 nitrogen and oxygen atoms in total. The lowest BCUT2D eigenvalue weighted by Crippen LogP contribution is -2.33. The summed E-state index contributed by atoms with van der Waals surface area (Å²) in [6.07, 6.45) is 2.55. The highest BCUT2D eigenvalue weighted by Crippen LogP contribution is 2.30. The minimum atomic E-state index is 0.493. The maximum absolute atomic E-state index is 5.76. The smallest absolute Gasteiger partial charge is 0.0750 e. The topological polar surface area (TPSA) is 12.5 Å². The number of anilines is 1. The molecular formula is C17H21NO. The Morgan fingerprint density at radius 2 is 2.16 bits per heavy atom. The van der Waals surface area contributed by atoms with Crippen molar-refractivity contribution in [1.29, 1.82) is 0 Å². The highest BCUT2D eigenvalue weighted by molar-refractivity contribution is 5.61. The highest BCUT2D eigenvalue weighted by atomic mass is 16.5. The van der Waals surface area contributed by atoms with Gasteiger partial charge in [0.1, 0.15) is 0 Å². The van der Waals surface area contributed by atoms with Gasteiger partial charge in [0.15, 0.2) is 0 Å². The maximum Gasteiger partial charge on any atom is 0.0750 e. The summed E-state index contributed by atoms with van der Waals surface area (Å²) in [6.45, 7) is 6.91. The molecule has 1 aromatic rings. The molecule has 0 bridgehead atoms. The van der Waals surface area contributed by atoms with Crippen LogP contribution in [0.4, 0.5) is 5.69 Å². The number of ether oxygens (including phenoxy) is 1. The predicted molar refractivity (Wildman–Crippen MR) is 78.2 cm³/mol. The molecule has 0 saturated heterocycles. The first kappa shape index (κ1) is 12.6. The third kappa shape index (κ3) is 2.77. The SMILES string of the molecule is CC(C)N1CCOCc2c(C#CC3CC3)cccc21. The first-order valence-corrected chi connectivity index (χ1v) is 7.23. The van der Waals surface area contributed by atoms with Crippen LogP contribution in [-0.2, 0) is 11.3 Å². The van der Waals surface area contributed by atoms with E-state index in [-0.39, 0.29) is 0 Å². The Bertz CT molecular complexity index is 520. The van der Waals surface area contributed by atoms with Gasteiger partial charge in [-0.2, -0.15) is 0 Å². The Morgan fingerprint density at radius 3 is 2.89 bits per heavy atom. The van der Waals surface area contributed by atoms with E-state index in [1.165, 1.54) is 24.1 Å². The van der Waals surface area contributed by atoms with Crippen molar-refractivity contribution in [1.82, 2.24) is 0 Å². The van der Waals surface area contributed by atoms with Crippen LogP contribution in [0.1, 0.15) is 37.8 Å². The largest absolute Gasteiger partial charge is 0.375 e. The van der Waals surface area contributed by atoms with Crippen LogP contribution in [-0.4, -0.2) is 19.2 Å². The van der Waals surface area contributed by atoms with Crippen LogP contribution < -0.4 is 4.90 Å². The van der Waals surface area contributed by atoms with E-state index in [9.17, 15) is 0 Å². The lowest BCUT2D eigenvalue weighted by Gasteiger charge is -2.28. The van der Waals surface area contributed by atoms with Gasteiger partial charge >= 0.3 is 0 Å². The zero-order valence-electron chi connectivity index (χ0n) is 11.8. The van der Waals surface area contributed by atoms with Crippen LogP contribution >= 0.6 is 0 Å². The first-order chi connectivity index (χ1) is 9.25. The van der Waals surface area contributed by atoms with E-state index in [1.54, 1.807) is 0 Å². The van der Waals surface area contributed by atoms with Gasteiger partial charge in [-0.05, 0) is 38.8 Å². The summed E-state index contributed by atoms with van der Waals surface area (Å²) in [4.78, 5) is 2.42. The van der Waals surface area contributed by atoms with Crippen molar-refractivity contribution in [3.05, 3.63) is 29.3 Å². The van der Waals surface area contributed by atoms with Crippen molar-refractivity contribution in [2.75, 3.05) is 18.1 Å². The molecule has 0 radical (unpaired) electrons. The summed E-state index contributed by atoms with van der Waals surface area (Å²) in [7, 11) is 0. The molecule has 0 atom stereocenters. The molecule has 0 spiro atoms. The van der Waals surface area contributed by atoms with E-state index >= 15 is 0 Å². The summed E-state index contributed by atoms with van der Waals surface area (Å²) < 4.78 is 5.76. The lowest BCUT2D eigenvalue weighted by molar-refractivity contribution is 0.131. The van der Waals surface area contributed by atoms with Crippen LogP contribution in [0, 0.1) is 17.8 Å². The maximum atomic E-state index is 5.76. The Morgan fingerprint density at radius 1 is 1.32 bits per heavy atom. The Kier molecular flexibility index (Phi) is 3.48. The van der Waals surface area contributed by atoms with Crippen LogP contribution in [0.15, 0.2) is 18.2 Å². The zero-order chi connectivity index (χ0) is 13.2. The highest BCUT2D eigenvalue weighted by Gasteiger charge is 2.20. The lowest BCUT2D eigenvalue weighted by atomic mass is 10.0. The zero-order valence-corrected chi connectivity index (χ0v) is 11.8. The standard InChI is InChI=1S/C17H21NO/c1-13(2)18-10-11-19-12-16-15(4-3-5-17(16)18)9-8-14-6-7-14/h3-5,13-14H,6-7,10-12H2,1-2H3. The van der Waals surface area contributed by atoms with Gasteiger partial charge in [-0.1, -0.05) is 17.9 Å². The van der Waals surface area contributed by atoms with Gasteiger partial charge < -0.3 is 9.64 Å². The molecule has 0 unspecified atom stereocenters. The fraction of sp³-hybridized carbons (Fsp3) is 0.529. The van der Waals surface area contributed by atoms with Gasteiger partial charge in [0.05, 0.1) is 13.2 Å². The van der Waals surface area contributed by atoms with Crippen LogP contribution in [0.3, 0.4) is 0 Å². The summed E-state index contributed by atoms with van der Waals surface area (Å²) >= 11 is 0. The molecule has 3 rings (SSSR count). The third-order valence-corrected chi connectivity index (χ3v) is 3.80. The van der Waals surface area contributed by atoms with Gasteiger partial charge in [-0.25, -0.2) is 0 Å². The minimum Gasteiger partial charge on any atom is -0.375 e. The van der Waals surface area contributed by atoms with E-state index in [1.807, 2.05) is 0 Å². The van der Waals surface area contributed by atoms with E-state index in [2.05, 4.69) is 48.8 Å². The van der Waals surface area contributed by atoms with Crippen LogP contribution in [0.2, 0.25) is 0 Å². The summed E-state index contributed by atoms with van der Waals surface area (Å²) in [5.41, 5.74) is 3.72. The van der Waals surface area contributed by atoms with Crippen molar-refractivity contribution in [3.63, 3.8) is 0 Å². The molecule has 1 aliphatic carbocycles. The van der Waals surface area contributed by atoms with E-state index in [0.717, 1.165) is 18.7 Å². The van der Waals surface area contributed by atoms with Gasteiger partial charge in [0.2, 0.25) is 0 Å². The summed E-state index contributed by atoms with van der Waals surface area (Å²) in [5.74, 6) is 7.37. The minimum absolute atomic E-state index is 0.493. The molecule has 1 aromatic carbocycles. The number of hydrogen-bond donors (Lipinski definition) is 0. The average Bonchev–Trinajstić information content (AvgIpc) is 3.22. The Balaban J connectivity index is 1.99. The molecule has 1 fully saturated rings. The number of hydrogen-bond acceptors (Lipinski definition) is 2. The molecule has 2 heteroatoms. The van der Waals surface area contributed by atoms with E-state index in [4.69, 9.17) is 4.74 Å². The molecule has 1 heterocycles. The molecule has 1 saturated carbocycles. The Hall–Kier alpha value is -1.46. The monoisotopic (exact) mass is 255 g/mol. The molecule has 19 heavy (non-hydrogen) atoms. The Labute approximate surface area is 115 Å². The van der Waals surface area contributed by atoms with E-state index in [0.29, 0.717) is 18.6 Å². The number of nitrogens with zero attached hydrogens (tertiary/aromatic N) is 1.